The lowest BCUT2D eigenvalue weighted by atomic mass is 10.1. The summed E-state index contributed by atoms with van der Waals surface area (Å²) in [4.78, 5) is 22.7. The molecule has 1 aliphatic rings. The highest BCUT2D eigenvalue weighted by molar-refractivity contribution is 7.89. The first-order valence-electron chi connectivity index (χ1n) is 9.66. The number of anilines is 1. The topological polar surface area (TPSA) is 128 Å². The maximum absolute atomic E-state index is 12.5. The van der Waals surface area contributed by atoms with Crippen LogP contribution in [0.1, 0.15) is 31.2 Å². The van der Waals surface area contributed by atoms with E-state index in [9.17, 15) is 23.3 Å². The van der Waals surface area contributed by atoms with Crippen LogP contribution in [-0.4, -0.2) is 31.9 Å². The third-order valence-electron chi connectivity index (χ3n) is 5.03. The molecule has 0 radical (unpaired) electrons. The second kappa shape index (κ2) is 9.63. The molecule has 1 amide bonds. The van der Waals surface area contributed by atoms with E-state index in [-0.39, 0.29) is 27.4 Å². The van der Waals surface area contributed by atoms with E-state index in [4.69, 9.17) is 16.3 Å². The Labute approximate surface area is 184 Å². The summed E-state index contributed by atoms with van der Waals surface area (Å²) in [5.41, 5.74) is 0.515. The van der Waals surface area contributed by atoms with Crippen molar-refractivity contribution in [2.45, 2.75) is 43.5 Å². The number of sulfonamides is 1. The number of carbonyl (C=O) groups is 1. The van der Waals surface area contributed by atoms with Gasteiger partial charge in [-0.2, -0.15) is 0 Å². The third-order valence-corrected chi connectivity index (χ3v) is 6.84. The van der Waals surface area contributed by atoms with E-state index in [1.807, 2.05) is 0 Å². The summed E-state index contributed by atoms with van der Waals surface area (Å²) >= 11 is 6.15. The van der Waals surface area contributed by atoms with Crippen LogP contribution < -0.4 is 14.8 Å². The predicted octanol–water partition coefficient (Wildman–Crippen LogP) is 3.80. The highest BCUT2D eigenvalue weighted by Crippen LogP contribution is 2.29. The van der Waals surface area contributed by atoms with E-state index in [0.29, 0.717) is 11.3 Å². The highest BCUT2D eigenvalue weighted by Gasteiger charge is 2.23. The van der Waals surface area contributed by atoms with Gasteiger partial charge in [0.25, 0.3) is 11.6 Å². The molecule has 11 heteroatoms. The number of hydrogen-bond acceptors (Lipinski definition) is 6. The fourth-order valence-electron chi connectivity index (χ4n) is 3.38. The first kappa shape index (κ1) is 23.0. The summed E-state index contributed by atoms with van der Waals surface area (Å²) in [5.74, 6) is -0.397. The van der Waals surface area contributed by atoms with Crippen LogP contribution in [0.25, 0.3) is 0 Å². The average molecular weight is 468 g/mol. The van der Waals surface area contributed by atoms with Gasteiger partial charge in [-0.3, -0.25) is 14.9 Å². The summed E-state index contributed by atoms with van der Waals surface area (Å²) in [7, 11) is -3.70. The number of carbonyl (C=O) groups excluding carboxylic acids is 1. The lowest BCUT2D eigenvalue weighted by molar-refractivity contribution is -0.385. The Morgan fingerprint density at radius 2 is 1.97 bits per heavy atom. The SMILES string of the molecule is Cc1c(NC(=O)COc2ccc(S(=O)(=O)NC3CCCC3)cc2Cl)cccc1[N+](=O)[O-]. The van der Waals surface area contributed by atoms with E-state index < -0.39 is 27.5 Å². The van der Waals surface area contributed by atoms with E-state index >= 15 is 0 Å². The van der Waals surface area contributed by atoms with Crippen molar-refractivity contribution in [2.24, 2.45) is 0 Å². The first-order valence-corrected chi connectivity index (χ1v) is 11.5. The second-order valence-electron chi connectivity index (χ2n) is 7.24. The van der Waals surface area contributed by atoms with Gasteiger partial charge in [0, 0.05) is 12.1 Å². The first-order chi connectivity index (χ1) is 14.7. The van der Waals surface area contributed by atoms with Crippen LogP contribution in [-0.2, 0) is 14.8 Å². The van der Waals surface area contributed by atoms with Crippen LogP contribution in [0.15, 0.2) is 41.3 Å². The number of rotatable bonds is 8. The van der Waals surface area contributed by atoms with Gasteiger partial charge in [-0.15, -0.1) is 0 Å². The van der Waals surface area contributed by atoms with Gasteiger partial charge in [0.1, 0.15) is 5.75 Å². The molecule has 2 aromatic carbocycles. The number of nitro benzene ring substituents is 1. The van der Waals surface area contributed by atoms with Gasteiger partial charge in [-0.05, 0) is 44.0 Å². The predicted molar refractivity (Wildman–Crippen MR) is 116 cm³/mol. The Kier molecular flexibility index (Phi) is 7.14. The number of halogens is 1. The fourth-order valence-corrected chi connectivity index (χ4v) is 5.01. The van der Waals surface area contributed by atoms with Crippen LogP contribution >= 0.6 is 11.6 Å². The molecular weight excluding hydrogens is 446 g/mol. The molecule has 1 saturated carbocycles. The van der Waals surface area contributed by atoms with Crippen LogP contribution in [0.5, 0.6) is 5.75 Å². The van der Waals surface area contributed by atoms with Crippen molar-refractivity contribution in [3.63, 3.8) is 0 Å². The molecule has 3 rings (SSSR count). The minimum Gasteiger partial charge on any atom is -0.482 e. The minimum absolute atomic E-state index is 0.0217. The van der Waals surface area contributed by atoms with Gasteiger partial charge in [0.2, 0.25) is 10.0 Å². The second-order valence-corrected chi connectivity index (χ2v) is 9.36. The lowest BCUT2D eigenvalue weighted by Gasteiger charge is -2.14. The van der Waals surface area contributed by atoms with E-state index in [2.05, 4.69) is 10.0 Å². The highest BCUT2D eigenvalue weighted by atomic mass is 35.5. The standard InChI is InChI=1S/C20H22ClN3O6S/c1-13-17(7-4-8-18(13)24(26)27)22-20(25)12-30-19-10-9-15(11-16(19)21)31(28,29)23-14-5-2-3-6-14/h4,7-11,14,23H,2-3,5-6,12H2,1H3,(H,22,25). The Balaban J connectivity index is 1.62. The zero-order chi connectivity index (χ0) is 22.6. The fraction of sp³-hybridized carbons (Fsp3) is 0.350. The molecule has 9 nitrogen and oxygen atoms in total. The van der Waals surface area contributed by atoms with Crippen LogP contribution in [0.3, 0.4) is 0 Å². The van der Waals surface area contributed by atoms with E-state index in [0.717, 1.165) is 25.7 Å². The van der Waals surface area contributed by atoms with Gasteiger partial charge in [-0.25, -0.2) is 13.1 Å². The zero-order valence-electron chi connectivity index (χ0n) is 16.8. The molecule has 0 atom stereocenters. The molecule has 0 heterocycles. The maximum Gasteiger partial charge on any atom is 0.274 e. The van der Waals surface area contributed by atoms with Crippen molar-refractivity contribution in [3.05, 3.63) is 57.1 Å². The molecule has 0 unspecified atom stereocenters. The Hall–Kier alpha value is -2.69. The van der Waals surface area contributed by atoms with Crippen molar-refractivity contribution in [1.82, 2.24) is 4.72 Å². The largest absolute Gasteiger partial charge is 0.482 e. The molecule has 0 spiro atoms. The zero-order valence-corrected chi connectivity index (χ0v) is 18.3. The maximum atomic E-state index is 12.5. The quantitative estimate of drug-likeness (QED) is 0.449. The molecule has 31 heavy (non-hydrogen) atoms. The van der Waals surface area contributed by atoms with Crippen molar-refractivity contribution < 1.29 is 22.9 Å². The number of nitrogens with one attached hydrogen (secondary N) is 2. The minimum atomic E-state index is -3.70. The summed E-state index contributed by atoms with van der Waals surface area (Å²) in [6.45, 7) is 1.12. The molecule has 1 fully saturated rings. The average Bonchev–Trinajstić information content (AvgIpc) is 3.20. The molecule has 166 valence electrons. The van der Waals surface area contributed by atoms with Gasteiger partial charge >= 0.3 is 0 Å². The monoisotopic (exact) mass is 467 g/mol. The van der Waals surface area contributed by atoms with E-state index in [1.165, 1.54) is 37.3 Å². The number of ether oxygens (including phenoxy) is 1. The van der Waals surface area contributed by atoms with Crippen molar-refractivity contribution >= 4 is 38.9 Å². The number of amides is 1. The summed E-state index contributed by atoms with van der Waals surface area (Å²) < 4.78 is 33.1. The lowest BCUT2D eigenvalue weighted by Crippen LogP contribution is -2.32. The molecule has 2 N–H and O–H groups in total. The Morgan fingerprint density at radius 3 is 2.61 bits per heavy atom. The number of nitrogens with zero attached hydrogens (tertiary/aromatic N) is 1. The number of hydrogen-bond donors (Lipinski definition) is 2. The summed E-state index contributed by atoms with van der Waals surface area (Å²) in [6.07, 6.45) is 3.62. The molecule has 1 aliphatic carbocycles. The van der Waals surface area contributed by atoms with Crippen LogP contribution in [0, 0.1) is 17.0 Å². The number of nitro groups is 1. The molecule has 2 aromatic rings. The normalized spacial score (nSPS) is 14.4. The Morgan fingerprint density at radius 1 is 1.26 bits per heavy atom. The molecule has 0 bridgehead atoms. The molecule has 0 aromatic heterocycles. The van der Waals surface area contributed by atoms with Crippen molar-refractivity contribution in [3.8, 4) is 5.75 Å². The summed E-state index contributed by atoms with van der Waals surface area (Å²) in [6, 6.07) is 8.32. The Bertz CT molecular complexity index is 1100. The molecule has 0 aliphatic heterocycles. The smallest absolute Gasteiger partial charge is 0.274 e. The molecular formula is C20H22ClN3O6S. The van der Waals surface area contributed by atoms with Crippen molar-refractivity contribution in [1.29, 1.82) is 0 Å². The van der Waals surface area contributed by atoms with Gasteiger partial charge in [-0.1, -0.05) is 30.5 Å². The van der Waals surface area contributed by atoms with Crippen LogP contribution in [0.2, 0.25) is 5.02 Å². The number of benzene rings is 2. The van der Waals surface area contributed by atoms with Crippen LogP contribution in [0.4, 0.5) is 11.4 Å². The van der Waals surface area contributed by atoms with Crippen molar-refractivity contribution in [2.75, 3.05) is 11.9 Å². The van der Waals surface area contributed by atoms with Gasteiger partial charge in [0.05, 0.1) is 26.1 Å². The van der Waals surface area contributed by atoms with E-state index in [1.54, 1.807) is 6.07 Å². The molecule has 0 saturated heterocycles. The third kappa shape index (κ3) is 5.72. The summed E-state index contributed by atoms with van der Waals surface area (Å²) in [5, 5.41) is 13.6. The van der Waals surface area contributed by atoms with Gasteiger partial charge < -0.3 is 10.1 Å². The van der Waals surface area contributed by atoms with Gasteiger partial charge in [0.15, 0.2) is 6.61 Å².